The lowest BCUT2D eigenvalue weighted by atomic mass is 10.1. The van der Waals surface area contributed by atoms with E-state index < -0.39 is 23.5 Å². The molecule has 0 aliphatic heterocycles. The van der Waals surface area contributed by atoms with Gasteiger partial charge in [-0.15, -0.1) is 0 Å². The van der Waals surface area contributed by atoms with Crippen LogP contribution in [-0.4, -0.2) is 23.5 Å². The topological polar surface area (TPSA) is 80.3 Å². The number of hydrogen-bond acceptors (Lipinski definition) is 5. The number of para-hydroxylation sites is 1. The van der Waals surface area contributed by atoms with E-state index in [-0.39, 0.29) is 18.0 Å². The first-order chi connectivity index (χ1) is 14.0. The van der Waals surface area contributed by atoms with Crippen molar-refractivity contribution in [2.45, 2.75) is 6.92 Å². The molecule has 1 aromatic heterocycles. The van der Waals surface area contributed by atoms with Crippen LogP contribution < -0.4 is 10.6 Å². The molecule has 0 saturated heterocycles. The highest BCUT2D eigenvalue weighted by Gasteiger charge is 2.14. The van der Waals surface area contributed by atoms with Crippen molar-refractivity contribution in [3.63, 3.8) is 0 Å². The van der Waals surface area contributed by atoms with Crippen molar-refractivity contribution in [3.8, 4) is 0 Å². The van der Waals surface area contributed by atoms with Gasteiger partial charge >= 0.3 is 5.97 Å². The van der Waals surface area contributed by atoms with E-state index in [1.54, 1.807) is 37.3 Å². The first-order valence-electron chi connectivity index (χ1n) is 8.73. The van der Waals surface area contributed by atoms with Gasteiger partial charge in [0.25, 0.3) is 5.91 Å². The Balaban J connectivity index is 1.79. The van der Waals surface area contributed by atoms with Crippen molar-refractivity contribution in [1.82, 2.24) is 4.98 Å². The van der Waals surface area contributed by atoms with Gasteiger partial charge < -0.3 is 15.4 Å². The molecule has 0 radical (unpaired) electrons. The fourth-order valence-corrected chi connectivity index (χ4v) is 2.54. The minimum absolute atomic E-state index is 0.0494. The van der Waals surface area contributed by atoms with E-state index >= 15 is 0 Å². The number of pyridine rings is 1. The Morgan fingerprint density at radius 2 is 1.79 bits per heavy atom. The molecular weight excluding hydrogens is 380 g/mol. The first kappa shape index (κ1) is 19.9. The molecule has 0 spiro atoms. The molecule has 148 valence electrons. The van der Waals surface area contributed by atoms with Crippen molar-refractivity contribution >= 4 is 28.9 Å². The monoisotopic (exact) mass is 397 g/mol. The van der Waals surface area contributed by atoms with Crippen LogP contribution in [0.15, 0.2) is 60.8 Å². The lowest BCUT2D eigenvalue weighted by molar-refractivity contribution is 0.0527. The zero-order chi connectivity index (χ0) is 20.8. The number of ether oxygens (including phenoxy) is 1. The Morgan fingerprint density at radius 3 is 2.55 bits per heavy atom. The fourth-order valence-electron chi connectivity index (χ4n) is 2.54. The van der Waals surface area contributed by atoms with Gasteiger partial charge in [0, 0.05) is 23.6 Å². The Morgan fingerprint density at radius 1 is 1.00 bits per heavy atom. The average Bonchev–Trinajstić information content (AvgIpc) is 2.71. The second-order valence-corrected chi connectivity index (χ2v) is 5.90. The van der Waals surface area contributed by atoms with Crippen LogP contribution >= 0.6 is 0 Å². The summed E-state index contributed by atoms with van der Waals surface area (Å²) in [6.45, 7) is 1.96. The molecule has 0 atom stereocenters. The number of amides is 1. The largest absolute Gasteiger partial charge is 0.462 e. The van der Waals surface area contributed by atoms with Gasteiger partial charge in [-0.2, -0.15) is 0 Å². The minimum Gasteiger partial charge on any atom is -0.462 e. The first-order valence-corrected chi connectivity index (χ1v) is 8.73. The fraction of sp³-hybridized carbons (Fsp3) is 0.0952. The molecule has 29 heavy (non-hydrogen) atoms. The minimum atomic E-state index is -1.07. The highest BCUT2D eigenvalue weighted by molar-refractivity contribution is 6.03. The maximum atomic E-state index is 13.3. The van der Waals surface area contributed by atoms with Crippen LogP contribution in [0.1, 0.15) is 27.8 Å². The summed E-state index contributed by atoms with van der Waals surface area (Å²) in [5.74, 6) is -3.14. The number of carbonyl (C=O) groups is 2. The van der Waals surface area contributed by atoms with Gasteiger partial charge in [-0.05, 0) is 43.3 Å². The van der Waals surface area contributed by atoms with E-state index in [1.165, 1.54) is 18.3 Å². The summed E-state index contributed by atoms with van der Waals surface area (Å²) in [5.41, 5.74) is 1.50. The maximum Gasteiger partial charge on any atom is 0.340 e. The van der Waals surface area contributed by atoms with Crippen LogP contribution in [0.3, 0.4) is 0 Å². The van der Waals surface area contributed by atoms with Gasteiger partial charge in [0.15, 0.2) is 11.6 Å². The van der Waals surface area contributed by atoms with Crippen LogP contribution in [0.25, 0.3) is 0 Å². The van der Waals surface area contributed by atoms with Gasteiger partial charge in [-0.25, -0.2) is 13.6 Å². The predicted octanol–water partition coefficient (Wildman–Crippen LogP) is 4.53. The normalized spacial score (nSPS) is 10.3. The summed E-state index contributed by atoms with van der Waals surface area (Å²) in [4.78, 5) is 28.5. The number of benzene rings is 2. The van der Waals surface area contributed by atoms with Crippen LogP contribution in [0.2, 0.25) is 0 Å². The number of anilines is 3. The van der Waals surface area contributed by atoms with Crippen molar-refractivity contribution in [2.24, 2.45) is 0 Å². The predicted molar refractivity (Wildman–Crippen MR) is 104 cm³/mol. The molecule has 1 heterocycles. The summed E-state index contributed by atoms with van der Waals surface area (Å²) >= 11 is 0. The van der Waals surface area contributed by atoms with Crippen LogP contribution in [0.5, 0.6) is 0 Å². The molecular formula is C21H17F2N3O3. The van der Waals surface area contributed by atoms with Crippen LogP contribution in [-0.2, 0) is 4.74 Å². The van der Waals surface area contributed by atoms with E-state index in [2.05, 4.69) is 15.6 Å². The highest BCUT2D eigenvalue weighted by atomic mass is 19.2. The molecule has 0 fully saturated rings. The Labute approximate surface area is 165 Å². The second-order valence-electron chi connectivity index (χ2n) is 5.90. The van der Waals surface area contributed by atoms with Crippen LogP contribution in [0, 0.1) is 11.6 Å². The summed E-state index contributed by atoms with van der Waals surface area (Å²) in [6.07, 6.45) is 1.41. The molecule has 2 N–H and O–H groups in total. The van der Waals surface area contributed by atoms with Crippen molar-refractivity contribution in [1.29, 1.82) is 0 Å². The third-order valence-corrected chi connectivity index (χ3v) is 3.87. The molecule has 1 amide bonds. The van der Waals surface area contributed by atoms with Crippen LogP contribution in [0.4, 0.5) is 25.8 Å². The SMILES string of the molecule is CCOC(=O)c1ccccc1Nc1ccnc(C(=O)Nc2ccc(F)c(F)c2)c1. The molecule has 0 bridgehead atoms. The van der Waals surface area contributed by atoms with Gasteiger partial charge in [0.2, 0.25) is 0 Å². The third kappa shape index (κ3) is 4.92. The molecule has 6 nitrogen and oxygen atoms in total. The van der Waals surface area contributed by atoms with Gasteiger partial charge in [0.05, 0.1) is 17.9 Å². The van der Waals surface area contributed by atoms with Crippen molar-refractivity contribution in [3.05, 3.63) is 83.7 Å². The van der Waals surface area contributed by atoms with Crippen molar-refractivity contribution in [2.75, 3.05) is 17.2 Å². The molecule has 3 aromatic rings. The summed E-state index contributed by atoms with van der Waals surface area (Å²) in [5, 5.41) is 5.51. The zero-order valence-electron chi connectivity index (χ0n) is 15.4. The number of nitrogens with one attached hydrogen (secondary N) is 2. The zero-order valence-corrected chi connectivity index (χ0v) is 15.4. The second kappa shape index (κ2) is 8.92. The van der Waals surface area contributed by atoms with Gasteiger partial charge in [0.1, 0.15) is 5.69 Å². The highest BCUT2D eigenvalue weighted by Crippen LogP contribution is 2.22. The number of rotatable bonds is 6. The summed E-state index contributed by atoms with van der Waals surface area (Å²) in [6, 6.07) is 12.9. The number of nitrogens with zero attached hydrogens (tertiary/aromatic N) is 1. The van der Waals surface area contributed by atoms with Crippen molar-refractivity contribution < 1.29 is 23.1 Å². The Hall–Kier alpha value is -3.81. The molecule has 2 aromatic carbocycles. The molecule has 0 aliphatic carbocycles. The molecule has 0 unspecified atom stereocenters. The van der Waals surface area contributed by atoms with E-state index in [9.17, 15) is 18.4 Å². The third-order valence-electron chi connectivity index (χ3n) is 3.87. The van der Waals surface area contributed by atoms with E-state index in [0.29, 0.717) is 16.9 Å². The lowest BCUT2D eigenvalue weighted by Crippen LogP contribution is -2.14. The molecule has 0 aliphatic rings. The Kier molecular flexibility index (Phi) is 6.13. The summed E-state index contributed by atoms with van der Waals surface area (Å²) in [7, 11) is 0. The van der Waals surface area contributed by atoms with Gasteiger partial charge in [-0.1, -0.05) is 12.1 Å². The Bertz CT molecular complexity index is 1060. The maximum absolute atomic E-state index is 13.3. The quantitative estimate of drug-likeness (QED) is 0.598. The average molecular weight is 397 g/mol. The summed E-state index contributed by atoms with van der Waals surface area (Å²) < 4.78 is 31.4. The lowest BCUT2D eigenvalue weighted by Gasteiger charge is -2.12. The van der Waals surface area contributed by atoms with Gasteiger partial charge in [-0.3, -0.25) is 9.78 Å². The smallest absolute Gasteiger partial charge is 0.340 e. The number of carbonyl (C=O) groups excluding carboxylic acids is 2. The molecule has 3 rings (SSSR count). The number of halogens is 2. The standard InChI is InChI=1S/C21H17F2N3O3/c1-2-29-21(28)15-5-3-4-6-18(15)25-14-9-10-24-19(12-14)20(27)26-13-7-8-16(22)17(23)11-13/h3-12H,2H2,1H3,(H,24,25)(H,26,27). The van der Waals surface area contributed by atoms with E-state index in [1.807, 2.05) is 0 Å². The number of esters is 1. The molecule has 0 saturated carbocycles. The number of aromatic nitrogens is 1. The van der Waals surface area contributed by atoms with E-state index in [4.69, 9.17) is 4.74 Å². The van der Waals surface area contributed by atoms with E-state index in [0.717, 1.165) is 12.1 Å². The number of hydrogen-bond donors (Lipinski definition) is 2. The molecule has 8 heteroatoms.